The van der Waals surface area contributed by atoms with Gasteiger partial charge in [-0.2, -0.15) is 0 Å². The quantitative estimate of drug-likeness (QED) is 0.367. The lowest BCUT2D eigenvalue weighted by Crippen LogP contribution is -2.46. The van der Waals surface area contributed by atoms with E-state index in [1.54, 1.807) is 17.7 Å². The topological polar surface area (TPSA) is 70.0 Å². The summed E-state index contributed by atoms with van der Waals surface area (Å²) < 4.78 is 18.5. The van der Waals surface area contributed by atoms with Gasteiger partial charge in [-0.1, -0.05) is 18.2 Å². The SMILES string of the molecule is CCOC(=O)C1(CCCn2c(=O)ccc3ccc(OC)cc32)CCN(CCOc2ccccc2)CC1. The zero-order valence-corrected chi connectivity index (χ0v) is 21.3. The van der Waals surface area contributed by atoms with Crippen LogP contribution in [0, 0.1) is 5.41 Å². The van der Waals surface area contributed by atoms with Gasteiger partial charge in [-0.05, 0) is 81.4 Å². The summed E-state index contributed by atoms with van der Waals surface area (Å²) >= 11 is 0. The van der Waals surface area contributed by atoms with Crippen molar-refractivity contribution in [3.63, 3.8) is 0 Å². The van der Waals surface area contributed by atoms with Crippen LogP contribution in [0.1, 0.15) is 32.6 Å². The maximum Gasteiger partial charge on any atom is 0.312 e. The van der Waals surface area contributed by atoms with E-state index in [1.165, 1.54) is 0 Å². The number of fused-ring (bicyclic) bond motifs is 1. The summed E-state index contributed by atoms with van der Waals surface area (Å²) in [6, 6.07) is 19.0. The highest BCUT2D eigenvalue weighted by atomic mass is 16.5. The normalized spacial score (nSPS) is 15.5. The van der Waals surface area contributed by atoms with Gasteiger partial charge in [-0.15, -0.1) is 0 Å². The van der Waals surface area contributed by atoms with Crippen LogP contribution in [0.3, 0.4) is 0 Å². The third-order valence-corrected chi connectivity index (χ3v) is 7.18. The highest BCUT2D eigenvalue weighted by molar-refractivity contribution is 5.80. The molecule has 1 aliphatic heterocycles. The third-order valence-electron chi connectivity index (χ3n) is 7.18. The van der Waals surface area contributed by atoms with Crippen molar-refractivity contribution in [2.45, 2.75) is 39.2 Å². The van der Waals surface area contributed by atoms with Crippen molar-refractivity contribution in [2.24, 2.45) is 5.41 Å². The number of hydrogen-bond donors (Lipinski definition) is 0. The van der Waals surface area contributed by atoms with Crippen LogP contribution in [0.5, 0.6) is 11.5 Å². The minimum atomic E-state index is -0.515. The minimum absolute atomic E-state index is 0.0471. The van der Waals surface area contributed by atoms with Crippen LogP contribution < -0.4 is 15.0 Å². The molecular weight excluding hydrogens is 456 g/mol. The molecule has 2 heterocycles. The summed E-state index contributed by atoms with van der Waals surface area (Å²) in [5, 5.41) is 0.988. The summed E-state index contributed by atoms with van der Waals surface area (Å²) in [6.45, 7) is 5.84. The Kier molecular flexibility index (Phi) is 8.65. The maximum absolute atomic E-state index is 13.1. The fourth-order valence-corrected chi connectivity index (χ4v) is 5.06. The van der Waals surface area contributed by atoms with E-state index in [4.69, 9.17) is 14.2 Å². The Balaban J connectivity index is 1.38. The lowest BCUT2D eigenvalue weighted by molar-refractivity contribution is -0.159. The second-order valence-corrected chi connectivity index (χ2v) is 9.36. The van der Waals surface area contributed by atoms with Crippen LogP contribution in [0.4, 0.5) is 0 Å². The van der Waals surface area contributed by atoms with Crippen LogP contribution >= 0.6 is 0 Å². The summed E-state index contributed by atoms with van der Waals surface area (Å²) in [5.41, 5.74) is 0.285. The van der Waals surface area contributed by atoms with E-state index < -0.39 is 5.41 Å². The first kappa shape index (κ1) is 25.8. The Morgan fingerprint density at radius 2 is 1.72 bits per heavy atom. The van der Waals surface area contributed by atoms with Crippen LogP contribution in [-0.4, -0.2) is 55.4 Å². The van der Waals surface area contributed by atoms with Crippen molar-refractivity contribution >= 4 is 16.9 Å². The zero-order chi connectivity index (χ0) is 25.4. The number of benzene rings is 2. The lowest BCUT2D eigenvalue weighted by atomic mass is 9.74. The molecule has 0 aliphatic carbocycles. The Morgan fingerprint density at radius 1 is 0.972 bits per heavy atom. The van der Waals surface area contributed by atoms with Crippen molar-refractivity contribution in [3.05, 3.63) is 71.0 Å². The molecule has 1 fully saturated rings. The van der Waals surface area contributed by atoms with Crippen LogP contribution in [0.15, 0.2) is 65.5 Å². The molecule has 0 spiro atoms. The van der Waals surface area contributed by atoms with Crippen molar-refractivity contribution in [2.75, 3.05) is 40.0 Å². The fraction of sp³-hybridized carbons (Fsp3) is 0.448. The van der Waals surface area contributed by atoms with Gasteiger partial charge in [0.1, 0.15) is 18.1 Å². The highest BCUT2D eigenvalue weighted by Crippen LogP contribution is 2.38. The van der Waals surface area contributed by atoms with Gasteiger partial charge < -0.3 is 18.8 Å². The van der Waals surface area contributed by atoms with Gasteiger partial charge in [0.05, 0.1) is 24.6 Å². The van der Waals surface area contributed by atoms with Crippen LogP contribution in [0.2, 0.25) is 0 Å². The number of aryl methyl sites for hydroxylation is 1. The first-order valence-corrected chi connectivity index (χ1v) is 12.8. The molecule has 1 aromatic heterocycles. The number of likely N-dealkylation sites (tertiary alicyclic amines) is 1. The van der Waals surface area contributed by atoms with Crippen molar-refractivity contribution < 1.29 is 19.0 Å². The summed E-state index contributed by atoms with van der Waals surface area (Å²) in [4.78, 5) is 28.1. The van der Waals surface area contributed by atoms with Gasteiger partial charge in [-0.25, -0.2) is 0 Å². The van der Waals surface area contributed by atoms with Gasteiger partial charge in [0.25, 0.3) is 5.56 Å². The summed E-state index contributed by atoms with van der Waals surface area (Å²) in [7, 11) is 1.62. The molecule has 0 amide bonds. The molecule has 2 aromatic carbocycles. The minimum Gasteiger partial charge on any atom is -0.497 e. The summed E-state index contributed by atoms with van der Waals surface area (Å²) in [6.07, 6.45) is 2.89. The predicted molar refractivity (Wildman–Crippen MR) is 141 cm³/mol. The first-order valence-electron chi connectivity index (χ1n) is 12.8. The molecule has 1 aliphatic rings. The Bertz CT molecular complexity index is 1200. The molecule has 0 atom stereocenters. The number of hydrogen-bond acceptors (Lipinski definition) is 6. The number of carbonyl (C=O) groups excluding carboxylic acids is 1. The van der Waals surface area contributed by atoms with Gasteiger partial charge in [0.15, 0.2) is 0 Å². The van der Waals surface area contributed by atoms with Crippen LogP contribution in [-0.2, 0) is 16.1 Å². The van der Waals surface area contributed by atoms with E-state index in [9.17, 15) is 9.59 Å². The largest absolute Gasteiger partial charge is 0.497 e. The van der Waals surface area contributed by atoms with E-state index in [2.05, 4.69) is 4.90 Å². The number of carbonyl (C=O) groups is 1. The monoisotopic (exact) mass is 492 g/mol. The van der Waals surface area contributed by atoms with Crippen molar-refractivity contribution in [1.29, 1.82) is 0 Å². The molecule has 1 saturated heterocycles. The van der Waals surface area contributed by atoms with Crippen LogP contribution in [0.25, 0.3) is 10.9 Å². The molecule has 4 rings (SSSR count). The molecule has 0 unspecified atom stereocenters. The number of esters is 1. The van der Waals surface area contributed by atoms with E-state index in [0.717, 1.165) is 49.1 Å². The standard InChI is InChI=1S/C29H36N2O5/c1-3-35-28(33)29(15-18-30(19-16-29)20-21-36-24-8-5-4-6-9-24)14-7-17-31-26-22-25(34-2)12-10-23(26)11-13-27(31)32/h4-6,8-13,22H,3,7,14-21H2,1-2H3. The molecule has 7 heteroatoms. The predicted octanol–water partition coefficient (Wildman–Crippen LogP) is 4.51. The number of ether oxygens (including phenoxy) is 3. The van der Waals surface area contributed by atoms with Crippen molar-refractivity contribution in [1.82, 2.24) is 9.47 Å². The number of aromatic nitrogens is 1. The molecule has 7 nitrogen and oxygen atoms in total. The number of rotatable bonds is 11. The van der Waals surface area contributed by atoms with Gasteiger partial charge in [0.2, 0.25) is 0 Å². The van der Waals surface area contributed by atoms with E-state index in [0.29, 0.717) is 38.3 Å². The number of para-hydroxylation sites is 1. The summed E-state index contributed by atoms with van der Waals surface area (Å²) in [5.74, 6) is 1.47. The number of nitrogens with zero attached hydrogens (tertiary/aromatic N) is 2. The Morgan fingerprint density at radius 3 is 2.44 bits per heavy atom. The highest BCUT2D eigenvalue weighted by Gasteiger charge is 2.42. The third kappa shape index (κ3) is 6.08. The average Bonchev–Trinajstić information content (AvgIpc) is 2.91. The van der Waals surface area contributed by atoms with Gasteiger partial charge >= 0.3 is 5.97 Å². The average molecular weight is 493 g/mol. The van der Waals surface area contributed by atoms with E-state index in [-0.39, 0.29) is 11.5 Å². The maximum atomic E-state index is 13.1. The van der Waals surface area contributed by atoms with E-state index in [1.807, 2.05) is 61.5 Å². The molecule has 3 aromatic rings. The molecular formula is C29H36N2O5. The molecule has 192 valence electrons. The van der Waals surface area contributed by atoms with Gasteiger partial charge in [0, 0.05) is 25.2 Å². The molecule has 36 heavy (non-hydrogen) atoms. The fourth-order valence-electron chi connectivity index (χ4n) is 5.06. The number of pyridine rings is 1. The molecule has 0 radical (unpaired) electrons. The number of piperidine rings is 1. The molecule has 0 N–H and O–H groups in total. The Labute approximate surface area is 212 Å². The number of methoxy groups -OCH3 is 1. The zero-order valence-electron chi connectivity index (χ0n) is 21.3. The van der Waals surface area contributed by atoms with Gasteiger partial charge in [-0.3, -0.25) is 14.5 Å². The van der Waals surface area contributed by atoms with Crippen molar-refractivity contribution in [3.8, 4) is 11.5 Å². The smallest absolute Gasteiger partial charge is 0.312 e. The first-order chi connectivity index (χ1) is 17.5. The second-order valence-electron chi connectivity index (χ2n) is 9.36. The molecule has 0 bridgehead atoms. The lowest BCUT2D eigenvalue weighted by Gasteiger charge is -2.40. The second kappa shape index (κ2) is 12.1. The molecule has 0 saturated carbocycles. The Hall–Kier alpha value is -3.32. The van der Waals surface area contributed by atoms with E-state index >= 15 is 0 Å².